The molecule has 158 valence electrons. The molecule has 1 fully saturated rings. The maximum Gasteiger partial charge on any atom is 0.300 e. The van der Waals surface area contributed by atoms with Gasteiger partial charge in [0.15, 0.2) is 0 Å². The highest BCUT2D eigenvalue weighted by Gasteiger charge is 2.48. The third-order valence-corrected chi connectivity index (χ3v) is 6.03. The van der Waals surface area contributed by atoms with Crippen LogP contribution in [-0.2, 0) is 9.59 Å². The number of nitrogens with one attached hydrogen (secondary N) is 1. The lowest BCUT2D eigenvalue weighted by Crippen LogP contribution is -2.29. The Bertz CT molecular complexity index is 1410. The van der Waals surface area contributed by atoms with Crippen LogP contribution >= 0.6 is 11.6 Å². The molecule has 1 saturated heterocycles. The molecule has 1 amide bonds. The van der Waals surface area contributed by atoms with Gasteiger partial charge in [-0.05, 0) is 31.2 Å². The Morgan fingerprint density at radius 1 is 0.969 bits per heavy atom. The number of halogens is 1. The summed E-state index contributed by atoms with van der Waals surface area (Å²) in [6, 6.07) is 22.5. The summed E-state index contributed by atoms with van der Waals surface area (Å²) in [5, 5.41) is 12.5. The average Bonchev–Trinajstić information content (AvgIpc) is 3.26. The van der Waals surface area contributed by atoms with Crippen molar-refractivity contribution in [1.82, 2.24) is 4.98 Å². The zero-order valence-electron chi connectivity index (χ0n) is 17.2. The maximum absolute atomic E-state index is 13.3. The molecule has 0 aliphatic carbocycles. The Morgan fingerprint density at radius 3 is 2.44 bits per heavy atom. The maximum atomic E-state index is 13.3. The molecule has 2 N–H and O–H groups in total. The first-order valence-corrected chi connectivity index (χ1v) is 10.5. The second-order valence-corrected chi connectivity index (χ2v) is 8.16. The Morgan fingerprint density at radius 2 is 1.69 bits per heavy atom. The summed E-state index contributed by atoms with van der Waals surface area (Å²) < 4.78 is 0. The summed E-state index contributed by atoms with van der Waals surface area (Å²) in [7, 11) is 0. The van der Waals surface area contributed by atoms with E-state index in [1.54, 1.807) is 48.5 Å². The van der Waals surface area contributed by atoms with Gasteiger partial charge in [0.2, 0.25) is 0 Å². The number of rotatable bonds is 3. The van der Waals surface area contributed by atoms with Crippen molar-refractivity contribution >= 4 is 45.6 Å². The summed E-state index contributed by atoms with van der Waals surface area (Å²) >= 11 is 6.21. The molecule has 1 aliphatic heterocycles. The topological polar surface area (TPSA) is 73.4 Å². The molecule has 0 radical (unpaired) electrons. The van der Waals surface area contributed by atoms with Gasteiger partial charge in [0, 0.05) is 38.4 Å². The molecule has 1 aliphatic rings. The van der Waals surface area contributed by atoms with Gasteiger partial charge in [0.1, 0.15) is 5.76 Å². The second kappa shape index (κ2) is 7.70. The van der Waals surface area contributed by atoms with E-state index in [0.29, 0.717) is 16.3 Å². The van der Waals surface area contributed by atoms with Crippen molar-refractivity contribution < 1.29 is 14.7 Å². The van der Waals surface area contributed by atoms with Crippen molar-refractivity contribution in [3.8, 4) is 0 Å². The number of fused-ring (bicyclic) bond motifs is 1. The number of nitrogens with zero attached hydrogens (tertiary/aromatic N) is 1. The molecule has 1 unspecified atom stereocenters. The quantitative estimate of drug-likeness (QED) is 0.241. The highest BCUT2D eigenvalue weighted by atomic mass is 35.5. The number of aliphatic hydroxyl groups excluding tert-OH is 1. The number of aryl methyl sites for hydroxylation is 1. The molecule has 32 heavy (non-hydrogen) atoms. The van der Waals surface area contributed by atoms with Gasteiger partial charge in [-0.25, -0.2) is 0 Å². The molecule has 0 bridgehead atoms. The summed E-state index contributed by atoms with van der Waals surface area (Å²) in [5.74, 6) is -1.65. The molecular weight excluding hydrogens is 424 g/mol. The lowest BCUT2D eigenvalue weighted by Gasteiger charge is -2.26. The summed E-state index contributed by atoms with van der Waals surface area (Å²) in [6.45, 7) is 1.90. The minimum Gasteiger partial charge on any atom is -0.507 e. The third-order valence-electron chi connectivity index (χ3n) is 5.79. The first-order chi connectivity index (χ1) is 15.5. The number of aliphatic hydroxyl groups is 1. The van der Waals surface area contributed by atoms with E-state index in [1.807, 2.05) is 37.3 Å². The van der Waals surface area contributed by atoms with E-state index < -0.39 is 17.7 Å². The summed E-state index contributed by atoms with van der Waals surface area (Å²) in [6.07, 6.45) is 0. The van der Waals surface area contributed by atoms with Crippen LogP contribution in [0.25, 0.3) is 16.7 Å². The smallest absolute Gasteiger partial charge is 0.300 e. The SMILES string of the molecule is Cc1[nH]c2ccccc2c1C1/C(=C(\O)c2ccccc2)C(=O)C(=O)N1c1cccc(Cl)c1. The highest BCUT2D eigenvalue weighted by Crippen LogP contribution is 2.45. The fourth-order valence-electron chi connectivity index (χ4n) is 4.40. The standard InChI is InChI=1S/C26H19ClN2O3/c1-15-21(19-12-5-6-13-20(19)28-15)23-22(24(30)16-8-3-2-4-9-16)25(31)26(32)29(23)18-11-7-10-17(27)14-18/h2-14,23,28,30H,1H3/b24-22+. The molecule has 4 aromatic rings. The monoisotopic (exact) mass is 442 g/mol. The minimum atomic E-state index is -0.815. The zero-order chi connectivity index (χ0) is 22.4. The first-order valence-electron chi connectivity index (χ1n) is 10.2. The number of ketones is 1. The Labute approximate surface area is 189 Å². The van der Waals surface area contributed by atoms with Crippen LogP contribution in [0.4, 0.5) is 5.69 Å². The fraction of sp³-hybridized carbons (Fsp3) is 0.0769. The highest BCUT2D eigenvalue weighted by molar-refractivity contribution is 6.52. The number of aromatic amines is 1. The number of amides is 1. The molecule has 5 rings (SSSR count). The van der Waals surface area contributed by atoms with E-state index in [0.717, 1.165) is 22.2 Å². The van der Waals surface area contributed by atoms with Crippen LogP contribution in [-0.4, -0.2) is 21.8 Å². The van der Waals surface area contributed by atoms with Gasteiger partial charge in [-0.3, -0.25) is 14.5 Å². The Balaban J connectivity index is 1.83. The average molecular weight is 443 g/mol. The van der Waals surface area contributed by atoms with E-state index in [1.165, 1.54) is 4.90 Å². The van der Waals surface area contributed by atoms with Gasteiger partial charge in [-0.2, -0.15) is 0 Å². The Kier molecular flexibility index (Phi) is 4.83. The van der Waals surface area contributed by atoms with Gasteiger partial charge in [-0.15, -0.1) is 0 Å². The molecule has 1 atom stereocenters. The lowest BCUT2D eigenvalue weighted by atomic mass is 9.93. The van der Waals surface area contributed by atoms with Gasteiger partial charge < -0.3 is 10.1 Å². The molecule has 0 spiro atoms. The number of hydrogen-bond acceptors (Lipinski definition) is 3. The van der Waals surface area contributed by atoms with E-state index in [-0.39, 0.29) is 11.3 Å². The number of hydrogen-bond donors (Lipinski definition) is 2. The second-order valence-electron chi connectivity index (χ2n) is 7.72. The van der Waals surface area contributed by atoms with Crippen molar-refractivity contribution in [2.24, 2.45) is 0 Å². The van der Waals surface area contributed by atoms with Crippen LogP contribution in [0.2, 0.25) is 5.02 Å². The normalized spacial score (nSPS) is 17.9. The molecule has 2 heterocycles. The summed E-state index contributed by atoms with van der Waals surface area (Å²) in [5.41, 5.74) is 3.47. The van der Waals surface area contributed by atoms with Gasteiger partial charge in [-0.1, -0.05) is 66.2 Å². The predicted octanol–water partition coefficient (Wildman–Crippen LogP) is 5.76. The van der Waals surface area contributed by atoms with E-state index in [9.17, 15) is 14.7 Å². The lowest BCUT2D eigenvalue weighted by molar-refractivity contribution is -0.132. The van der Waals surface area contributed by atoms with Crippen molar-refractivity contribution in [2.45, 2.75) is 13.0 Å². The van der Waals surface area contributed by atoms with Crippen molar-refractivity contribution in [2.75, 3.05) is 4.90 Å². The van der Waals surface area contributed by atoms with Crippen molar-refractivity contribution in [3.63, 3.8) is 0 Å². The first kappa shape index (κ1) is 20.1. The van der Waals surface area contributed by atoms with Gasteiger partial charge >= 0.3 is 0 Å². The van der Waals surface area contributed by atoms with Crippen LogP contribution < -0.4 is 4.90 Å². The molecule has 0 saturated carbocycles. The third kappa shape index (κ3) is 3.10. The number of benzene rings is 3. The Hall–Kier alpha value is -3.83. The number of anilines is 1. The zero-order valence-corrected chi connectivity index (χ0v) is 17.9. The van der Waals surface area contributed by atoms with E-state index in [2.05, 4.69) is 4.98 Å². The minimum absolute atomic E-state index is 0.0500. The number of Topliss-reactive ketones (excluding diaryl/α,β-unsaturated/α-hetero) is 1. The van der Waals surface area contributed by atoms with E-state index in [4.69, 9.17) is 11.6 Å². The molecular formula is C26H19ClN2O3. The van der Waals surface area contributed by atoms with E-state index >= 15 is 0 Å². The number of H-pyrrole nitrogens is 1. The van der Waals surface area contributed by atoms with Crippen LogP contribution in [0.5, 0.6) is 0 Å². The molecule has 6 heteroatoms. The number of para-hydroxylation sites is 1. The molecule has 1 aromatic heterocycles. The number of carbonyl (C=O) groups is 2. The van der Waals surface area contributed by atoms with Gasteiger partial charge in [0.05, 0.1) is 11.6 Å². The molecule has 3 aromatic carbocycles. The van der Waals surface area contributed by atoms with Crippen LogP contribution in [0, 0.1) is 6.92 Å². The van der Waals surface area contributed by atoms with Crippen LogP contribution in [0.15, 0.2) is 84.4 Å². The van der Waals surface area contributed by atoms with Crippen LogP contribution in [0.3, 0.4) is 0 Å². The number of aromatic nitrogens is 1. The predicted molar refractivity (Wildman–Crippen MR) is 126 cm³/mol. The summed E-state index contributed by atoms with van der Waals surface area (Å²) in [4.78, 5) is 31.3. The largest absolute Gasteiger partial charge is 0.507 e. The van der Waals surface area contributed by atoms with Crippen molar-refractivity contribution in [3.05, 3.63) is 106 Å². The van der Waals surface area contributed by atoms with Gasteiger partial charge in [0.25, 0.3) is 11.7 Å². The van der Waals surface area contributed by atoms with Crippen molar-refractivity contribution in [1.29, 1.82) is 0 Å². The fourth-order valence-corrected chi connectivity index (χ4v) is 4.58. The number of carbonyl (C=O) groups excluding carboxylic acids is 2. The van der Waals surface area contributed by atoms with Crippen LogP contribution in [0.1, 0.15) is 22.9 Å². The molecule has 5 nitrogen and oxygen atoms in total.